The molecular formula is C15H22N2O. The highest BCUT2D eigenvalue weighted by molar-refractivity contribution is 5.20. The lowest BCUT2D eigenvalue weighted by molar-refractivity contribution is 0.255. The van der Waals surface area contributed by atoms with Gasteiger partial charge in [0.05, 0.1) is 0 Å². The van der Waals surface area contributed by atoms with Gasteiger partial charge in [0.25, 0.3) is 0 Å². The summed E-state index contributed by atoms with van der Waals surface area (Å²) >= 11 is 0. The Balaban J connectivity index is 1.92. The zero-order valence-corrected chi connectivity index (χ0v) is 11.6. The number of fused-ring (bicyclic) bond motifs is 2. The third-order valence-electron chi connectivity index (χ3n) is 4.53. The molecule has 3 rings (SSSR count). The molecule has 1 aromatic heterocycles. The van der Waals surface area contributed by atoms with E-state index in [1.165, 1.54) is 6.42 Å². The van der Waals surface area contributed by atoms with Gasteiger partial charge in [0.15, 0.2) is 0 Å². The summed E-state index contributed by atoms with van der Waals surface area (Å²) in [6, 6.07) is 0. The van der Waals surface area contributed by atoms with Crippen molar-refractivity contribution >= 4 is 0 Å². The maximum Gasteiger partial charge on any atom is 0.220 e. The number of rotatable bonds is 3. The maximum atomic E-state index is 5.91. The molecule has 98 valence electrons. The van der Waals surface area contributed by atoms with Gasteiger partial charge in [-0.2, -0.15) is 0 Å². The van der Waals surface area contributed by atoms with E-state index in [1.54, 1.807) is 0 Å². The molecule has 0 aromatic carbocycles. The van der Waals surface area contributed by atoms with Crippen LogP contribution < -0.4 is 0 Å². The van der Waals surface area contributed by atoms with Gasteiger partial charge < -0.3 is 4.42 Å². The van der Waals surface area contributed by atoms with Crippen molar-refractivity contribution in [1.82, 2.24) is 10.2 Å². The molecule has 3 heteroatoms. The monoisotopic (exact) mass is 246 g/mol. The molecule has 4 atom stereocenters. The average molecular weight is 246 g/mol. The molecule has 2 bridgehead atoms. The van der Waals surface area contributed by atoms with Crippen LogP contribution in [-0.4, -0.2) is 10.2 Å². The Labute approximate surface area is 109 Å². The second-order valence-corrected chi connectivity index (χ2v) is 6.43. The van der Waals surface area contributed by atoms with E-state index in [2.05, 4.69) is 50.0 Å². The van der Waals surface area contributed by atoms with Gasteiger partial charge in [0.2, 0.25) is 11.8 Å². The van der Waals surface area contributed by atoms with Crippen molar-refractivity contribution in [2.75, 3.05) is 0 Å². The van der Waals surface area contributed by atoms with Gasteiger partial charge in [-0.25, -0.2) is 0 Å². The Bertz CT molecular complexity index is 461. The summed E-state index contributed by atoms with van der Waals surface area (Å²) in [5.74, 6) is 5.08. The molecule has 2 aliphatic carbocycles. The number of hydrogen-bond acceptors (Lipinski definition) is 3. The van der Waals surface area contributed by atoms with Gasteiger partial charge in [-0.3, -0.25) is 0 Å². The highest BCUT2D eigenvalue weighted by Crippen LogP contribution is 2.55. The van der Waals surface area contributed by atoms with Gasteiger partial charge in [0.1, 0.15) is 0 Å². The topological polar surface area (TPSA) is 38.9 Å². The Morgan fingerprint density at radius 2 is 1.83 bits per heavy atom. The molecule has 1 fully saturated rings. The third kappa shape index (κ3) is 1.72. The Morgan fingerprint density at radius 1 is 1.11 bits per heavy atom. The number of nitrogens with zero attached hydrogens (tertiary/aromatic N) is 2. The van der Waals surface area contributed by atoms with E-state index in [-0.39, 0.29) is 0 Å². The van der Waals surface area contributed by atoms with Gasteiger partial charge in [-0.05, 0) is 30.1 Å². The van der Waals surface area contributed by atoms with E-state index in [9.17, 15) is 0 Å². The van der Waals surface area contributed by atoms with Crippen LogP contribution in [0.15, 0.2) is 16.6 Å². The smallest absolute Gasteiger partial charge is 0.220 e. The first-order valence-electron chi connectivity index (χ1n) is 7.09. The first-order valence-corrected chi connectivity index (χ1v) is 7.09. The fraction of sp³-hybridized carbons (Fsp3) is 0.733. The van der Waals surface area contributed by atoms with Crippen LogP contribution >= 0.6 is 0 Å². The molecule has 3 nitrogen and oxygen atoms in total. The second-order valence-electron chi connectivity index (χ2n) is 6.43. The van der Waals surface area contributed by atoms with Gasteiger partial charge in [-0.15, -0.1) is 10.2 Å². The molecule has 0 saturated heterocycles. The van der Waals surface area contributed by atoms with Crippen molar-refractivity contribution < 1.29 is 4.42 Å². The van der Waals surface area contributed by atoms with E-state index in [4.69, 9.17) is 4.42 Å². The molecule has 0 amide bonds. The van der Waals surface area contributed by atoms with E-state index in [0.29, 0.717) is 29.6 Å². The fourth-order valence-corrected chi connectivity index (χ4v) is 3.73. The number of allylic oxidation sites excluding steroid dienone is 2. The first kappa shape index (κ1) is 11.9. The van der Waals surface area contributed by atoms with E-state index in [0.717, 1.165) is 17.7 Å². The minimum absolute atomic E-state index is 0.317. The zero-order chi connectivity index (χ0) is 12.9. The maximum absolute atomic E-state index is 5.91. The summed E-state index contributed by atoms with van der Waals surface area (Å²) in [5.41, 5.74) is 0. The summed E-state index contributed by atoms with van der Waals surface area (Å²) in [6.45, 7) is 8.81. The molecule has 0 radical (unpaired) electrons. The normalized spacial score (nSPS) is 34.1. The minimum atomic E-state index is 0.317. The summed E-state index contributed by atoms with van der Waals surface area (Å²) < 4.78 is 5.91. The van der Waals surface area contributed by atoms with Crippen molar-refractivity contribution in [3.8, 4) is 0 Å². The third-order valence-corrected chi connectivity index (χ3v) is 4.53. The van der Waals surface area contributed by atoms with Crippen LogP contribution in [0.4, 0.5) is 0 Å². The number of aromatic nitrogens is 2. The molecule has 18 heavy (non-hydrogen) atoms. The van der Waals surface area contributed by atoms with Crippen LogP contribution in [-0.2, 0) is 0 Å². The first-order chi connectivity index (χ1) is 8.58. The highest BCUT2D eigenvalue weighted by Gasteiger charge is 2.48. The predicted octanol–water partition coefficient (Wildman–Crippen LogP) is 3.75. The van der Waals surface area contributed by atoms with Crippen molar-refractivity contribution in [1.29, 1.82) is 0 Å². The lowest BCUT2D eigenvalue weighted by Gasteiger charge is -2.28. The van der Waals surface area contributed by atoms with Crippen LogP contribution in [0.25, 0.3) is 0 Å². The Kier molecular flexibility index (Phi) is 2.80. The zero-order valence-electron chi connectivity index (χ0n) is 11.6. The van der Waals surface area contributed by atoms with Gasteiger partial charge in [-0.1, -0.05) is 39.8 Å². The lowest BCUT2D eigenvalue weighted by atomic mass is 9.76. The average Bonchev–Trinajstić information content (AvgIpc) is 3.02. The second kappa shape index (κ2) is 4.22. The quantitative estimate of drug-likeness (QED) is 0.762. The Hall–Kier alpha value is -1.12. The minimum Gasteiger partial charge on any atom is -0.425 e. The van der Waals surface area contributed by atoms with Gasteiger partial charge in [0, 0.05) is 11.8 Å². The summed E-state index contributed by atoms with van der Waals surface area (Å²) in [7, 11) is 0. The Morgan fingerprint density at radius 3 is 2.44 bits per heavy atom. The molecule has 0 N–H and O–H groups in total. The van der Waals surface area contributed by atoms with E-state index in [1.807, 2.05) is 0 Å². The molecule has 0 spiro atoms. The standard InChI is InChI=1S/C15H22N2O/c1-8(2)12-10-5-6-11(7-10)13(12)15-17-16-14(18-15)9(3)4/h5-6,8-13H,7H2,1-4H3. The molecule has 2 aliphatic rings. The largest absolute Gasteiger partial charge is 0.425 e. The SMILES string of the molecule is CC(C)c1nnc(C2C3C=CC(C3)C2C(C)C)o1. The van der Waals surface area contributed by atoms with Crippen molar-refractivity contribution in [2.45, 2.75) is 46.0 Å². The molecule has 0 aliphatic heterocycles. The molecule has 1 aromatic rings. The molecule has 1 heterocycles. The van der Waals surface area contributed by atoms with Crippen molar-refractivity contribution in [2.24, 2.45) is 23.7 Å². The van der Waals surface area contributed by atoms with E-state index < -0.39 is 0 Å². The van der Waals surface area contributed by atoms with Crippen LogP contribution in [0.2, 0.25) is 0 Å². The summed E-state index contributed by atoms with van der Waals surface area (Å²) in [6.07, 6.45) is 6.02. The fourth-order valence-electron chi connectivity index (χ4n) is 3.73. The summed E-state index contributed by atoms with van der Waals surface area (Å²) in [4.78, 5) is 0. The lowest BCUT2D eigenvalue weighted by Crippen LogP contribution is -2.23. The van der Waals surface area contributed by atoms with Crippen LogP contribution in [0.1, 0.15) is 57.7 Å². The summed E-state index contributed by atoms with van der Waals surface area (Å²) in [5, 5.41) is 8.52. The van der Waals surface area contributed by atoms with E-state index >= 15 is 0 Å². The molecule has 4 unspecified atom stereocenters. The van der Waals surface area contributed by atoms with Crippen LogP contribution in [0.5, 0.6) is 0 Å². The van der Waals surface area contributed by atoms with Crippen LogP contribution in [0.3, 0.4) is 0 Å². The van der Waals surface area contributed by atoms with Crippen molar-refractivity contribution in [3.05, 3.63) is 23.9 Å². The van der Waals surface area contributed by atoms with Crippen LogP contribution in [0, 0.1) is 23.7 Å². The number of hydrogen-bond donors (Lipinski definition) is 0. The predicted molar refractivity (Wildman–Crippen MR) is 70.2 cm³/mol. The molecular weight excluding hydrogens is 224 g/mol. The highest BCUT2D eigenvalue weighted by atomic mass is 16.4. The van der Waals surface area contributed by atoms with Gasteiger partial charge >= 0.3 is 0 Å². The molecule has 1 saturated carbocycles. The van der Waals surface area contributed by atoms with Crippen molar-refractivity contribution in [3.63, 3.8) is 0 Å².